The summed E-state index contributed by atoms with van der Waals surface area (Å²) in [5.74, 6) is 0.226. The molecule has 0 unspecified atom stereocenters. The largest absolute Gasteiger partial charge is 0.324 e. The van der Waals surface area contributed by atoms with Crippen LogP contribution in [0.3, 0.4) is 0 Å². The summed E-state index contributed by atoms with van der Waals surface area (Å²) in [5, 5.41) is 3.85. The lowest BCUT2D eigenvalue weighted by Gasteiger charge is -2.11. The van der Waals surface area contributed by atoms with Crippen LogP contribution in [-0.4, -0.2) is 30.8 Å². The van der Waals surface area contributed by atoms with Gasteiger partial charge in [0.2, 0.25) is 5.91 Å². The predicted molar refractivity (Wildman–Crippen MR) is 108 cm³/mol. The lowest BCUT2D eigenvalue weighted by atomic mass is 10.2. The van der Waals surface area contributed by atoms with Gasteiger partial charge in [0, 0.05) is 18.9 Å². The first-order valence-corrected chi connectivity index (χ1v) is 9.70. The highest BCUT2D eigenvalue weighted by molar-refractivity contribution is 7.99. The van der Waals surface area contributed by atoms with Gasteiger partial charge in [0.25, 0.3) is 0 Å². The molecule has 27 heavy (non-hydrogen) atoms. The van der Waals surface area contributed by atoms with Crippen LogP contribution in [0.4, 0.5) is 5.69 Å². The minimum Gasteiger partial charge on any atom is -0.324 e. The number of rotatable bonds is 6. The lowest BCUT2D eigenvalue weighted by Crippen LogP contribution is -2.16. The van der Waals surface area contributed by atoms with Crippen molar-refractivity contribution in [3.8, 4) is 5.69 Å². The molecule has 0 aliphatic rings. The SMILES string of the molecule is CCn1c(SCC(=O)Nc2ccccc2-n2ccnc2)nc2ccccc21. The maximum atomic E-state index is 12.5. The zero-order valence-electron chi connectivity index (χ0n) is 14.9. The van der Waals surface area contributed by atoms with Gasteiger partial charge >= 0.3 is 0 Å². The molecule has 1 amide bonds. The molecule has 1 N–H and O–H groups in total. The zero-order chi connectivity index (χ0) is 18.6. The summed E-state index contributed by atoms with van der Waals surface area (Å²) in [6, 6.07) is 15.7. The number of benzene rings is 2. The lowest BCUT2D eigenvalue weighted by molar-refractivity contribution is -0.113. The van der Waals surface area contributed by atoms with Crippen molar-refractivity contribution < 1.29 is 4.79 Å². The fraction of sp³-hybridized carbons (Fsp3) is 0.150. The van der Waals surface area contributed by atoms with Crippen molar-refractivity contribution in [3.05, 3.63) is 67.3 Å². The molecule has 4 aromatic rings. The molecule has 7 heteroatoms. The van der Waals surface area contributed by atoms with Crippen molar-refractivity contribution in [1.82, 2.24) is 19.1 Å². The molecule has 2 heterocycles. The van der Waals surface area contributed by atoms with E-state index in [2.05, 4.69) is 32.8 Å². The van der Waals surface area contributed by atoms with E-state index in [0.717, 1.165) is 34.1 Å². The second kappa shape index (κ2) is 7.67. The van der Waals surface area contributed by atoms with Crippen molar-refractivity contribution >= 4 is 34.4 Å². The first kappa shape index (κ1) is 17.4. The van der Waals surface area contributed by atoms with E-state index in [-0.39, 0.29) is 5.91 Å². The number of hydrogen-bond acceptors (Lipinski definition) is 4. The number of hydrogen-bond donors (Lipinski definition) is 1. The van der Waals surface area contributed by atoms with Gasteiger partial charge in [-0.25, -0.2) is 9.97 Å². The van der Waals surface area contributed by atoms with E-state index < -0.39 is 0 Å². The fourth-order valence-corrected chi connectivity index (χ4v) is 3.87. The third-order valence-electron chi connectivity index (χ3n) is 4.23. The van der Waals surface area contributed by atoms with Gasteiger partial charge in [0.1, 0.15) is 0 Å². The second-order valence-corrected chi connectivity index (χ2v) is 6.89. The average Bonchev–Trinajstić information content (AvgIpc) is 3.34. The molecule has 0 saturated carbocycles. The Morgan fingerprint density at radius 1 is 1.15 bits per heavy atom. The van der Waals surface area contributed by atoms with E-state index in [4.69, 9.17) is 0 Å². The first-order valence-electron chi connectivity index (χ1n) is 8.71. The van der Waals surface area contributed by atoms with Crippen LogP contribution in [-0.2, 0) is 11.3 Å². The highest BCUT2D eigenvalue weighted by Crippen LogP contribution is 2.25. The molecule has 4 rings (SSSR count). The topological polar surface area (TPSA) is 64.7 Å². The molecule has 0 aliphatic carbocycles. The third kappa shape index (κ3) is 3.59. The molecule has 0 bridgehead atoms. The molecule has 0 saturated heterocycles. The second-order valence-electron chi connectivity index (χ2n) is 5.95. The Hall–Kier alpha value is -3.06. The van der Waals surface area contributed by atoms with Gasteiger partial charge in [-0.15, -0.1) is 0 Å². The Bertz CT molecular complexity index is 1070. The van der Waals surface area contributed by atoms with Gasteiger partial charge in [-0.3, -0.25) is 4.79 Å². The van der Waals surface area contributed by atoms with Crippen LogP contribution >= 0.6 is 11.8 Å². The summed E-state index contributed by atoms with van der Waals surface area (Å²) in [5.41, 5.74) is 3.68. The molecule has 0 aliphatic heterocycles. The quantitative estimate of drug-likeness (QED) is 0.516. The van der Waals surface area contributed by atoms with Gasteiger partial charge < -0.3 is 14.5 Å². The Kier molecular flexibility index (Phi) is 4.93. The molecular weight excluding hydrogens is 358 g/mol. The van der Waals surface area contributed by atoms with Crippen molar-refractivity contribution in [2.45, 2.75) is 18.6 Å². The van der Waals surface area contributed by atoms with E-state index in [1.807, 2.05) is 53.2 Å². The number of aryl methyl sites for hydroxylation is 1. The number of imidazole rings is 2. The number of anilines is 1. The van der Waals surface area contributed by atoms with Crippen molar-refractivity contribution in [3.63, 3.8) is 0 Å². The van der Waals surface area contributed by atoms with Gasteiger partial charge in [-0.05, 0) is 31.2 Å². The Morgan fingerprint density at radius 3 is 2.78 bits per heavy atom. The number of amides is 1. The number of aromatic nitrogens is 4. The molecular formula is C20H19N5OS. The molecule has 136 valence electrons. The first-order chi connectivity index (χ1) is 13.3. The van der Waals surface area contributed by atoms with E-state index >= 15 is 0 Å². The highest BCUT2D eigenvalue weighted by Gasteiger charge is 2.13. The number of para-hydroxylation sites is 4. The minimum absolute atomic E-state index is 0.0673. The number of nitrogens with zero attached hydrogens (tertiary/aromatic N) is 4. The van der Waals surface area contributed by atoms with Gasteiger partial charge in [-0.1, -0.05) is 36.0 Å². The number of carbonyl (C=O) groups excluding carboxylic acids is 1. The number of thioether (sulfide) groups is 1. The summed E-state index contributed by atoms with van der Waals surface area (Å²) >= 11 is 1.45. The Labute approximate surface area is 161 Å². The molecule has 0 fully saturated rings. The molecule has 6 nitrogen and oxygen atoms in total. The Morgan fingerprint density at radius 2 is 1.96 bits per heavy atom. The van der Waals surface area contributed by atoms with Crippen LogP contribution in [0.5, 0.6) is 0 Å². The number of fused-ring (bicyclic) bond motifs is 1. The highest BCUT2D eigenvalue weighted by atomic mass is 32.2. The molecule has 0 atom stereocenters. The molecule has 0 spiro atoms. The van der Waals surface area contributed by atoms with Crippen molar-refractivity contribution in [1.29, 1.82) is 0 Å². The van der Waals surface area contributed by atoms with Crippen LogP contribution in [0.15, 0.2) is 72.4 Å². The van der Waals surface area contributed by atoms with Gasteiger partial charge in [-0.2, -0.15) is 0 Å². The smallest absolute Gasteiger partial charge is 0.234 e. The van der Waals surface area contributed by atoms with Crippen LogP contribution in [0.25, 0.3) is 16.7 Å². The van der Waals surface area contributed by atoms with Crippen LogP contribution < -0.4 is 5.32 Å². The van der Waals surface area contributed by atoms with Crippen molar-refractivity contribution in [2.75, 3.05) is 11.1 Å². The summed E-state index contributed by atoms with van der Waals surface area (Å²) < 4.78 is 4.01. The van der Waals surface area contributed by atoms with E-state index in [9.17, 15) is 4.79 Å². The van der Waals surface area contributed by atoms with E-state index in [0.29, 0.717) is 5.75 Å². The summed E-state index contributed by atoms with van der Waals surface area (Å²) in [4.78, 5) is 21.3. The van der Waals surface area contributed by atoms with Crippen LogP contribution in [0.1, 0.15) is 6.92 Å². The monoisotopic (exact) mass is 377 g/mol. The summed E-state index contributed by atoms with van der Waals surface area (Å²) in [6.07, 6.45) is 5.27. The molecule has 0 radical (unpaired) electrons. The predicted octanol–water partition coefficient (Wildman–Crippen LogP) is 3.97. The fourth-order valence-electron chi connectivity index (χ4n) is 2.99. The average molecular weight is 377 g/mol. The van der Waals surface area contributed by atoms with Gasteiger partial charge in [0.15, 0.2) is 5.16 Å². The maximum absolute atomic E-state index is 12.5. The minimum atomic E-state index is -0.0673. The molecule has 2 aromatic heterocycles. The summed E-state index contributed by atoms with van der Waals surface area (Å²) in [6.45, 7) is 2.90. The van der Waals surface area contributed by atoms with Crippen LogP contribution in [0.2, 0.25) is 0 Å². The van der Waals surface area contributed by atoms with E-state index in [1.165, 1.54) is 11.8 Å². The standard InChI is InChI=1S/C20H19N5OS/c1-2-25-18-10-6-4-8-16(18)23-20(25)27-13-19(26)22-15-7-3-5-9-17(15)24-12-11-21-14-24/h3-12,14H,2,13H2,1H3,(H,22,26). The van der Waals surface area contributed by atoms with E-state index in [1.54, 1.807) is 12.5 Å². The van der Waals surface area contributed by atoms with Crippen LogP contribution in [0, 0.1) is 0 Å². The third-order valence-corrected chi connectivity index (χ3v) is 5.21. The Balaban J connectivity index is 1.49. The number of carbonyl (C=O) groups is 1. The van der Waals surface area contributed by atoms with Gasteiger partial charge in [0.05, 0.1) is 34.5 Å². The zero-order valence-corrected chi connectivity index (χ0v) is 15.7. The summed E-state index contributed by atoms with van der Waals surface area (Å²) in [7, 11) is 0. The maximum Gasteiger partial charge on any atom is 0.234 e. The number of nitrogens with one attached hydrogen (secondary N) is 1. The molecule has 2 aromatic carbocycles. The normalized spacial score (nSPS) is 11.0. The van der Waals surface area contributed by atoms with Crippen molar-refractivity contribution in [2.24, 2.45) is 0 Å².